The minimum absolute atomic E-state index is 0.197. The lowest BCUT2D eigenvalue weighted by molar-refractivity contribution is 0.376. The van der Waals surface area contributed by atoms with Crippen LogP contribution in [0.2, 0.25) is 0 Å². The van der Waals surface area contributed by atoms with E-state index in [9.17, 15) is 0 Å². The molecule has 0 radical (unpaired) electrons. The minimum Gasteiger partial charge on any atom is -0.359 e. The van der Waals surface area contributed by atoms with Gasteiger partial charge in [-0.05, 0) is 26.0 Å². The van der Waals surface area contributed by atoms with Crippen molar-refractivity contribution in [2.75, 3.05) is 0 Å². The Kier molecular flexibility index (Phi) is 2.98. The fourth-order valence-corrected chi connectivity index (χ4v) is 2.22. The lowest BCUT2D eigenvalue weighted by atomic mass is 10.3. The number of hydrogen-bond acceptors (Lipinski definition) is 4. The number of alkyl halides is 1. The molecule has 98 valence electrons. The predicted molar refractivity (Wildman–Crippen MR) is 72.1 cm³/mol. The molecule has 3 aromatic rings. The predicted octanol–water partition coefficient (Wildman–Crippen LogP) is 3.08. The molecule has 0 aliphatic rings. The zero-order valence-electron chi connectivity index (χ0n) is 10.7. The van der Waals surface area contributed by atoms with Crippen LogP contribution >= 0.6 is 11.6 Å². The van der Waals surface area contributed by atoms with Gasteiger partial charge in [-0.3, -0.25) is 0 Å². The van der Waals surface area contributed by atoms with Crippen molar-refractivity contribution in [2.45, 2.75) is 25.8 Å². The largest absolute Gasteiger partial charge is 0.359 e. The highest BCUT2D eigenvalue weighted by atomic mass is 35.5. The van der Waals surface area contributed by atoms with Gasteiger partial charge in [0, 0.05) is 11.8 Å². The summed E-state index contributed by atoms with van der Waals surface area (Å²) in [4.78, 5) is 9.08. The van der Waals surface area contributed by atoms with E-state index < -0.39 is 0 Å². The standard InChI is InChI=1S/C13H13ClN4O/c1-8-3-4-11-13(16-8)18(12(17-11)9(2)14)7-10-5-6-15-19-10/h3-6,9H,7H2,1-2H3. The molecule has 0 amide bonds. The maximum Gasteiger partial charge on any atom is 0.160 e. The normalized spacial score (nSPS) is 13.0. The fraction of sp³-hybridized carbons (Fsp3) is 0.308. The van der Waals surface area contributed by atoms with E-state index >= 15 is 0 Å². The summed E-state index contributed by atoms with van der Waals surface area (Å²) < 4.78 is 7.12. The van der Waals surface area contributed by atoms with Crippen LogP contribution in [0, 0.1) is 6.92 Å². The number of rotatable bonds is 3. The molecule has 1 atom stereocenters. The van der Waals surface area contributed by atoms with E-state index in [4.69, 9.17) is 16.1 Å². The van der Waals surface area contributed by atoms with Crippen LogP contribution in [-0.2, 0) is 6.54 Å². The number of nitrogens with zero attached hydrogens (tertiary/aromatic N) is 4. The first kappa shape index (κ1) is 12.2. The first-order valence-corrected chi connectivity index (χ1v) is 6.46. The van der Waals surface area contributed by atoms with Crippen LogP contribution in [0.15, 0.2) is 28.9 Å². The number of pyridine rings is 1. The second-order valence-electron chi connectivity index (χ2n) is 4.45. The van der Waals surface area contributed by atoms with Gasteiger partial charge in [0.2, 0.25) is 0 Å². The smallest absolute Gasteiger partial charge is 0.160 e. The maximum absolute atomic E-state index is 6.20. The molecular formula is C13H13ClN4O. The molecule has 19 heavy (non-hydrogen) atoms. The lowest BCUT2D eigenvalue weighted by Gasteiger charge is -2.07. The molecule has 0 saturated carbocycles. The number of hydrogen-bond donors (Lipinski definition) is 0. The molecule has 0 saturated heterocycles. The van der Waals surface area contributed by atoms with Crippen LogP contribution in [0.5, 0.6) is 0 Å². The third kappa shape index (κ3) is 2.21. The van der Waals surface area contributed by atoms with Crippen LogP contribution in [0.4, 0.5) is 0 Å². The van der Waals surface area contributed by atoms with E-state index in [1.807, 2.05) is 36.6 Å². The van der Waals surface area contributed by atoms with E-state index in [2.05, 4.69) is 15.1 Å². The van der Waals surface area contributed by atoms with E-state index in [0.29, 0.717) is 6.54 Å². The molecule has 0 N–H and O–H groups in total. The summed E-state index contributed by atoms with van der Waals surface area (Å²) in [5.41, 5.74) is 2.60. The Morgan fingerprint density at radius 3 is 2.84 bits per heavy atom. The molecule has 3 aromatic heterocycles. The number of halogens is 1. The molecule has 5 nitrogen and oxygen atoms in total. The van der Waals surface area contributed by atoms with Crippen molar-refractivity contribution in [3.8, 4) is 0 Å². The third-order valence-electron chi connectivity index (χ3n) is 2.92. The second-order valence-corrected chi connectivity index (χ2v) is 5.10. The SMILES string of the molecule is Cc1ccc2nc(C(C)Cl)n(Cc3ccno3)c2n1. The fourth-order valence-electron chi connectivity index (χ4n) is 2.05. The summed E-state index contributed by atoms with van der Waals surface area (Å²) in [6, 6.07) is 5.72. The van der Waals surface area contributed by atoms with Gasteiger partial charge in [0.1, 0.15) is 11.3 Å². The van der Waals surface area contributed by atoms with Gasteiger partial charge in [0.05, 0.1) is 18.1 Å². The summed E-state index contributed by atoms with van der Waals surface area (Å²) in [5, 5.41) is 3.52. The van der Waals surface area contributed by atoms with Gasteiger partial charge in [0.15, 0.2) is 11.4 Å². The Labute approximate surface area is 115 Å². The summed E-state index contributed by atoms with van der Waals surface area (Å²) in [6.07, 6.45) is 1.62. The molecule has 0 aliphatic carbocycles. The maximum atomic E-state index is 6.20. The topological polar surface area (TPSA) is 56.7 Å². The summed E-state index contributed by atoms with van der Waals surface area (Å²) in [6.45, 7) is 4.38. The van der Waals surface area contributed by atoms with E-state index in [1.54, 1.807) is 6.20 Å². The quantitative estimate of drug-likeness (QED) is 0.690. The number of aryl methyl sites for hydroxylation is 1. The first-order chi connectivity index (χ1) is 9.15. The highest BCUT2D eigenvalue weighted by Gasteiger charge is 2.17. The van der Waals surface area contributed by atoms with Gasteiger partial charge in [-0.15, -0.1) is 11.6 Å². The summed E-state index contributed by atoms with van der Waals surface area (Å²) in [7, 11) is 0. The molecule has 0 spiro atoms. The Bertz CT molecular complexity index is 703. The van der Waals surface area contributed by atoms with Crippen LogP contribution in [-0.4, -0.2) is 19.7 Å². The second kappa shape index (κ2) is 4.66. The first-order valence-electron chi connectivity index (χ1n) is 6.02. The summed E-state index contributed by atoms with van der Waals surface area (Å²) >= 11 is 6.20. The van der Waals surface area contributed by atoms with Gasteiger partial charge >= 0.3 is 0 Å². The van der Waals surface area contributed by atoms with Crippen LogP contribution < -0.4 is 0 Å². The van der Waals surface area contributed by atoms with Crippen molar-refractivity contribution >= 4 is 22.8 Å². The molecule has 0 aromatic carbocycles. The molecule has 0 aliphatic heterocycles. The van der Waals surface area contributed by atoms with Crippen molar-refractivity contribution < 1.29 is 4.52 Å². The van der Waals surface area contributed by atoms with Crippen LogP contribution in [0.25, 0.3) is 11.2 Å². The van der Waals surface area contributed by atoms with E-state index in [0.717, 1.165) is 28.4 Å². The number of aromatic nitrogens is 4. The van der Waals surface area contributed by atoms with Crippen molar-refractivity contribution in [1.82, 2.24) is 19.7 Å². The van der Waals surface area contributed by atoms with Crippen LogP contribution in [0.1, 0.15) is 29.6 Å². The Balaban J connectivity index is 2.18. The zero-order valence-corrected chi connectivity index (χ0v) is 11.4. The molecule has 3 rings (SSSR count). The number of fused-ring (bicyclic) bond motifs is 1. The number of imidazole rings is 1. The Morgan fingerprint density at radius 1 is 1.32 bits per heavy atom. The Hall–Kier alpha value is -1.88. The van der Waals surface area contributed by atoms with Crippen molar-refractivity contribution in [2.24, 2.45) is 0 Å². The van der Waals surface area contributed by atoms with Crippen LogP contribution in [0.3, 0.4) is 0 Å². The highest BCUT2D eigenvalue weighted by Crippen LogP contribution is 2.24. The zero-order chi connectivity index (χ0) is 13.4. The molecule has 0 fully saturated rings. The monoisotopic (exact) mass is 276 g/mol. The van der Waals surface area contributed by atoms with Gasteiger partial charge in [0.25, 0.3) is 0 Å². The van der Waals surface area contributed by atoms with Crippen molar-refractivity contribution in [3.63, 3.8) is 0 Å². The minimum atomic E-state index is -0.197. The third-order valence-corrected chi connectivity index (χ3v) is 3.12. The average Bonchev–Trinajstić information content (AvgIpc) is 2.98. The highest BCUT2D eigenvalue weighted by molar-refractivity contribution is 6.20. The van der Waals surface area contributed by atoms with Crippen molar-refractivity contribution in [1.29, 1.82) is 0 Å². The van der Waals surface area contributed by atoms with E-state index in [-0.39, 0.29) is 5.38 Å². The van der Waals surface area contributed by atoms with E-state index in [1.165, 1.54) is 0 Å². The Morgan fingerprint density at radius 2 is 2.16 bits per heavy atom. The average molecular weight is 277 g/mol. The molecule has 6 heteroatoms. The van der Waals surface area contributed by atoms with Gasteiger partial charge in [-0.1, -0.05) is 5.16 Å². The van der Waals surface area contributed by atoms with Crippen molar-refractivity contribution in [3.05, 3.63) is 41.7 Å². The molecule has 1 unspecified atom stereocenters. The van der Waals surface area contributed by atoms with Gasteiger partial charge in [-0.2, -0.15) is 0 Å². The molecule has 3 heterocycles. The van der Waals surface area contributed by atoms with Gasteiger partial charge in [-0.25, -0.2) is 9.97 Å². The molecular weight excluding hydrogens is 264 g/mol. The van der Waals surface area contributed by atoms with Gasteiger partial charge < -0.3 is 9.09 Å². The molecule has 0 bridgehead atoms. The lowest BCUT2D eigenvalue weighted by Crippen LogP contribution is -2.06. The summed E-state index contributed by atoms with van der Waals surface area (Å²) in [5.74, 6) is 1.53.